The molecule has 0 aliphatic rings. The lowest BCUT2D eigenvalue weighted by atomic mass is 10.1. The lowest BCUT2D eigenvalue weighted by Crippen LogP contribution is -2.28. The van der Waals surface area contributed by atoms with Crippen LogP contribution in [0, 0.1) is 0 Å². The van der Waals surface area contributed by atoms with Crippen LogP contribution in [0.2, 0.25) is 0 Å². The van der Waals surface area contributed by atoms with Crippen molar-refractivity contribution in [1.29, 1.82) is 0 Å². The van der Waals surface area contributed by atoms with E-state index in [4.69, 9.17) is 14.2 Å². The Balaban J connectivity index is 2.18. The van der Waals surface area contributed by atoms with Crippen molar-refractivity contribution in [3.05, 3.63) is 53.6 Å². The zero-order valence-corrected chi connectivity index (χ0v) is 14.6. The van der Waals surface area contributed by atoms with Crippen LogP contribution in [0.15, 0.2) is 42.5 Å². The lowest BCUT2D eigenvalue weighted by Gasteiger charge is -2.13. The summed E-state index contributed by atoms with van der Waals surface area (Å²) < 4.78 is 15.8. The zero-order valence-electron chi connectivity index (χ0n) is 14.6. The number of amides is 2. The zero-order chi connectivity index (χ0) is 19.1. The highest BCUT2D eigenvalue weighted by Crippen LogP contribution is 2.40. The van der Waals surface area contributed by atoms with E-state index in [1.54, 1.807) is 24.3 Å². The first-order valence-electron chi connectivity index (χ1n) is 7.62. The Bertz CT molecular complexity index is 844. The molecule has 0 unspecified atom stereocenters. The second kappa shape index (κ2) is 8.57. The Morgan fingerprint density at radius 2 is 1.65 bits per heavy atom. The molecule has 7 nitrogen and oxygen atoms in total. The van der Waals surface area contributed by atoms with Crippen molar-refractivity contribution in [3.63, 3.8) is 0 Å². The Hall–Kier alpha value is -3.48. The van der Waals surface area contributed by atoms with Gasteiger partial charge < -0.3 is 19.3 Å². The van der Waals surface area contributed by atoms with Crippen molar-refractivity contribution in [2.75, 3.05) is 21.3 Å². The number of carbonyl (C=O) groups is 2. The number of aromatic hydroxyl groups is 1. The third kappa shape index (κ3) is 4.13. The molecule has 2 amide bonds. The number of rotatable bonds is 6. The van der Waals surface area contributed by atoms with Gasteiger partial charge in [0.05, 0.1) is 26.9 Å². The van der Waals surface area contributed by atoms with Gasteiger partial charge in [0.1, 0.15) is 5.75 Å². The SMILES string of the molecule is COc1ccc(C=CC(=O)NC(=O)c2ccccc2O)c(OC)c1OC. The molecule has 0 atom stereocenters. The number of nitrogens with one attached hydrogen (secondary N) is 1. The number of benzene rings is 2. The van der Waals surface area contributed by atoms with Crippen LogP contribution < -0.4 is 19.5 Å². The van der Waals surface area contributed by atoms with E-state index in [-0.39, 0.29) is 11.3 Å². The summed E-state index contributed by atoms with van der Waals surface area (Å²) in [5.41, 5.74) is 0.577. The quantitative estimate of drug-likeness (QED) is 0.771. The number of phenols is 1. The largest absolute Gasteiger partial charge is 0.507 e. The fourth-order valence-electron chi connectivity index (χ4n) is 2.31. The first-order valence-corrected chi connectivity index (χ1v) is 7.62. The Labute approximate surface area is 150 Å². The first-order chi connectivity index (χ1) is 12.5. The molecule has 0 aromatic heterocycles. The van der Waals surface area contributed by atoms with Crippen LogP contribution in [-0.4, -0.2) is 38.3 Å². The smallest absolute Gasteiger partial charge is 0.261 e. The summed E-state index contributed by atoms with van der Waals surface area (Å²) in [5, 5.41) is 11.8. The van der Waals surface area contributed by atoms with Crippen molar-refractivity contribution < 1.29 is 28.9 Å². The fourth-order valence-corrected chi connectivity index (χ4v) is 2.31. The van der Waals surface area contributed by atoms with Crippen molar-refractivity contribution >= 4 is 17.9 Å². The lowest BCUT2D eigenvalue weighted by molar-refractivity contribution is -0.115. The van der Waals surface area contributed by atoms with Crippen LogP contribution in [0.1, 0.15) is 15.9 Å². The molecule has 136 valence electrons. The predicted molar refractivity (Wildman–Crippen MR) is 95.7 cm³/mol. The molecule has 0 bridgehead atoms. The van der Waals surface area contributed by atoms with Crippen LogP contribution in [0.4, 0.5) is 0 Å². The number of imide groups is 1. The molecular weight excluding hydrogens is 338 g/mol. The molecule has 0 aliphatic carbocycles. The highest BCUT2D eigenvalue weighted by molar-refractivity contribution is 6.10. The Morgan fingerprint density at radius 3 is 2.27 bits per heavy atom. The maximum atomic E-state index is 12.0. The normalized spacial score (nSPS) is 10.4. The average Bonchev–Trinajstić information content (AvgIpc) is 2.65. The molecule has 0 spiro atoms. The Kier molecular flexibility index (Phi) is 6.21. The minimum atomic E-state index is -0.697. The van der Waals surface area contributed by atoms with Crippen molar-refractivity contribution in [2.45, 2.75) is 0 Å². The van der Waals surface area contributed by atoms with Gasteiger partial charge in [-0.25, -0.2) is 0 Å². The number of hydrogen-bond acceptors (Lipinski definition) is 6. The van der Waals surface area contributed by atoms with Crippen LogP contribution >= 0.6 is 0 Å². The highest BCUT2D eigenvalue weighted by Gasteiger charge is 2.15. The summed E-state index contributed by atoms with van der Waals surface area (Å²) in [4.78, 5) is 24.0. The average molecular weight is 357 g/mol. The van der Waals surface area contributed by atoms with Crippen LogP contribution in [0.3, 0.4) is 0 Å². The summed E-state index contributed by atoms with van der Waals surface area (Å²) in [6.07, 6.45) is 2.66. The Morgan fingerprint density at radius 1 is 0.962 bits per heavy atom. The summed E-state index contributed by atoms with van der Waals surface area (Å²) >= 11 is 0. The molecular formula is C19H19NO6. The summed E-state index contributed by atoms with van der Waals surface area (Å²) in [5.74, 6) is -0.276. The summed E-state index contributed by atoms with van der Waals surface area (Å²) in [6.45, 7) is 0. The molecule has 2 N–H and O–H groups in total. The van der Waals surface area contributed by atoms with Crippen LogP contribution in [0.5, 0.6) is 23.0 Å². The molecule has 2 aromatic rings. The van der Waals surface area contributed by atoms with E-state index < -0.39 is 11.8 Å². The van der Waals surface area contributed by atoms with E-state index in [0.29, 0.717) is 22.8 Å². The number of ether oxygens (including phenoxy) is 3. The van der Waals surface area contributed by atoms with Gasteiger partial charge >= 0.3 is 0 Å². The second-order valence-electron chi connectivity index (χ2n) is 5.09. The molecule has 2 aromatic carbocycles. The van der Waals surface area contributed by atoms with E-state index in [1.807, 2.05) is 0 Å². The third-order valence-electron chi connectivity index (χ3n) is 3.53. The van der Waals surface area contributed by atoms with E-state index in [0.717, 1.165) is 0 Å². The molecule has 7 heteroatoms. The standard InChI is InChI=1S/C19H19NO6/c1-24-15-10-8-12(17(25-2)18(15)26-3)9-11-16(22)20-19(23)13-6-4-5-7-14(13)21/h4-11,21H,1-3H3,(H,20,22,23). The number of methoxy groups -OCH3 is 3. The number of para-hydroxylation sites is 1. The predicted octanol–water partition coefficient (Wildman–Crippen LogP) is 2.39. The third-order valence-corrected chi connectivity index (χ3v) is 3.53. The minimum Gasteiger partial charge on any atom is -0.507 e. The van der Waals surface area contributed by atoms with Gasteiger partial charge in [0.15, 0.2) is 11.5 Å². The van der Waals surface area contributed by atoms with E-state index in [9.17, 15) is 14.7 Å². The molecule has 0 aliphatic heterocycles. The van der Waals surface area contributed by atoms with Gasteiger partial charge in [0, 0.05) is 11.6 Å². The van der Waals surface area contributed by atoms with Gasteiger partial charge in [-0.05, 0) is 30.3 Å². The van der Waals surface area contributed by atoms with E-state index in [1.165, 1.54) is 45.6 Å². The molecule has 0 heterocycles. The molecule has 0 saturated heterocycles. The molecule has 0 radical (unpaired) electrons. The van der Waals surface area contributed by atoms with Gasteiger partial charge in [0.25, 0.3) is 11.8 Å². The second-order valence-corrected chi connectivity index (χ2v) is 5.09. The minimum absolute atomic E-state index is 0.0120. The molecule has 0 fully saturated rings. The first kappa shape index (κ1) is 18.9. The topological polar surface area (TPSA) is 94.1 Å². The van der Waals surface area contributed by atoms with Gasteiger partial charge in [-0.2, -0.15) is 0 Å². The van der Waals surface area contributed by atoms with Gasteiger partial charge in [-0.15, -0.1) is 0 Å². The van der Waals surface area contributed by atoms with Crippen LogP contribution in [-0.2, 0) is 4.79 Å². The van der Waals surface area contributed by atoms with Gasteiger partial charge in [-0.1, -0.05) is 12.1 Å². The van der Waals surface area contributed by atoms with Crippen molar-refractivity contribution in [1.82, 2.24) is 5.32 Å². The maximum absolute atomic E-state index is 12.0. The highest BCUT2D eigenvalue weighted by atomic mass is 16.5. The van der Waals surface area contributed by atoms with Gasteiger partial charge in [-0.3, -0.25) is 14.9 Å². The molecule has 0 saturated carbocycles. The summed E-state index contributed by atoms with van der Waals surface area (Å²) in [7, 11) is 4.45. The number of phenolic OH excluding ortho intramolecular Hbond substituents is 1. The number of hydrogen-bond donors (Lipinski definition) is 2. The molecule has 26 heavy (non-hydrogen) atoms. The number of carbonyl (C=O) groups excluding carboxylic acids is 2. The van der Waals surface area contributed by atoms with E-state index >= 15 is 0 Å². The van der Waals surface area contributed by atoms with Crippen LogP contribution in [0.25, 0.3) is 6.08 Å². The summed E-state index contributed by atoms with van der Waals surface area (Å²) in [6, 6.07) is 9.31. The molecule has 2 rings (SSSR count). The monoisotopic (exact) mass is 357 g/mol. The van der Waals surface area contributed by atoms with E-state index in [2.05, 4.69) is 5.32 Å². The maximum Gasteiger partial charge on any atom is 0.261 e. The van der Waals surface area contributed by atoms with Crippen molar-refractivity contribution in [3.8, 4) is 23.0 Å². The van der Waals surface area contributed by atoms with Crippen molar-refractivity contribution in [2.24, 2.45) is 0 Å². The van der Waals surface area contributed by atoms with Gasteiger partial charge in [0.2, 0.25) is 5.75 Å². The fraction of sp³-hybridized carbons (Fsp3) is 0.158.